The van der Waals surface area contributed by atoms with Crippen molar-refractivity contribution in [1.82, 2.24) is 0 Å². The maximum absolute atomic E-state index is 12.4. The smallest absolute Gasteiger partial charge is 0.462 e. The number of hydrogen-bond donors (Lipinski definition) is 3. The van der Waals surface area contributed by atoms with Gasteiger partial charge in [-0.15, -0.1) is 0 Å². The van der Waals surface area contributed by atoms with Gasteiger partial charge in [0.1, 0.15) is 12.7 Å². The molecule has 43 heavy (non-hydrogen) atoms. The lowest BCUT2D eigenvalue weighted by Crippen LogP contribution is -2.29. The van der Waals surface area contributed by atoms with Gasteiger partial charge in [0.25, 0.3) is 0 Å². The summed E-state index contributed by atoms with van der Waals surface area (Å²) in [7, 11) is -4.58. The summed E-state index contributed by atoms with van der Waals surface area (Å²) in [6.45, 7) is 2.18. The van der Waals surface area contributed by atoms with Crippen LogP contribution >= 0.6 is 7.82 Å². The van der Waals surface area contributed by atoms with Crippen molar-refractivity contribution < 1.29 is 47.8 Å². The van der Waals surface area contributed by atoms with Crippen LogP contribution in [0.3, 0.4) is 0 Å². The second-order valence-corrected chi connectivity index (χ2v) is 13.0. The summed E-state index contributed by atoms with van der Waals surface area (Å²) in [5, 5.41) is 18.1. The summed E-state index contributed by atoms with van der Waals surface area (Å²) in [6.07, 6.45) is 21.7. The summed E-state index contributed by atoms with van der Waals surface area (Å²) >= 11 is 0. The molecule has 3 atom stereocenters. The number of carbonyl (C=O) groups excluding carboxylic acids is 2. The Kier molecular flexibility index (Phi) is 29.0. The van der Waals surface area contributed by atoms with Crippen LogP contribution in [0.1, 0.15) is 155 Å². The number of aliphatic hydroxyl groups is 2. The van der Waals surface area contributed by atoms with Crippen LogP contribution in [0.5, 0.6) is 0 Å². The van der Waals surface area contributed by atoms with Crippen molar-refractivity contribution in [2.75, 3.05) is 26.4 Å². The Morgan fingerprint density at radius 3 is 1.49 bits per heavy atom. The van der Waals surface area contributed by atoms with Gasteiger partial charge in [0.15, 0.2) is 6.10 Å². The second kappa shape index (κ2) is 29.7. The molecule has 0 aromatic carbocycles. The lowest BCUT2D eigenvalue weighted by atomic mass is 10.0. The molecule has 0 radical (unpaired) electrons. The Morgan fingerprint density at radius 1 is 0.605 bits per heavy atom. The van der Waals surface area contributed by atoms with Crippen LogP contribution in [0.4, 0.5) is 0 Å². The van der Waals surface area contributed by atoms with E-state index in [1.165, 1.54) is 83.5 Å². The molecule has 0 aromatic rings. The van der Waals surface area contributed by atoms with E-state index in [2.05, 4.69) is 11.4 Å². The molecule has 0 heterocycles. The van der Waals surface area contributed by atoms with Crippen molar-refractivity contribution in [3.05, 3.63) is 0 Å². The van der Waals surface area contributed by atoms with Crippen LogP contribution < -0.4 is 0 Å². The number of esters is 2. The normalized spacial score (nSPS) is 14.3. The van der Waals surface area contributed by atoms with Crippen molar-refractivity contribution in [3.63, 3.8) is 0 Å². The molecule has 0 saturated carbocycles. The fourth-order valence-corrected chi connectivity index (χ4v) is 5.37. The number of phosphoric acid groups is 1. The zero-order valence-electron chi connectivity index (χ0n) is 27.2. The van der Waals surface area contributed by atoms with Crippen LogP contribution in [0.2, 0.25) is 0 Å². The quantitative estimate of drug-likeness (QED) is 0.0383. The van der Waals surface area contributed by atoms with Gasteiger partial charge < -0.3 is 24.6 Å². The van der Waals surface area contributed by atoms with E-state index in [0.717, 1.165) is 32.1 Å². The van der Waals surface area contributed by atoms with E-state index in [1.54, 1.807) is 0 Å². The molecule has 0 aliphatic rings. The maximum atomic E-state index is 12.4. The van der Waals surface area contributed by atoms with Crippen LogP contribution in [0.15, 0.2) is 0 Å². The summed E-state index contributed by atoms with van der Waals surface area (Å²) in [4.78, 5) is 34.2. The van der Waals surface area contributed by atoms with E-state index < -0.39 is 51.8 Å². The molecule has 3 unspecified atom stereocenters. The van der Waals surface area contributed by atoms with Crippen LogP contribution in [-0.4, -0.2) is 65.7 Å². The molecular weight excluding hydrogens is 575 g/mol. The second-order valence-electron chi connectivity index (χ2n) is 11.6. The fourth-order valence-electron chi connectivity index (χ4n) is 4.58. The summed E-state index contributed by atoms with van der Waals surface area (Å²) < 4.78 is 32.1. The van der Waals surface area contributed by atoms with Crippen molar-refractivity contribution >= 4 is 19.8 Å². The minimum atomic E-state index is -4.58. The summed E-state index contributed by atoms with van der Waals surface area (Å²) in [6, 6.07) is 0. The topological polar surface area (TPSA) is 149 Å². The summed E-state index contributed by atoms with van der Waals surface area (Å²) in [5.74, 6) is -0.946. The maximum Gasteiger partial charge on any atom is 0.472 e. The molecule has 0 aromatic heterocycles. The third kappa shape index (κ3) is 29.4. The monoisotopic (exact) mass is 638 g/mol. The molecular formula is C32H63O10P. The number of carbonyl (C=O) groups is 2. The SMILES string of the molecule is CCCCCCCCCCCCCCCCCCCC(=O)OC(COC(=O)CCCCC)COP(=O)(O)OCC(O)CO. The lowest BCUT2D eigenvalue weighted by Gasteiger charge is -2.20. The third-order valence-corrected chi connectivity index (χ3v) is 8.21. The minimum Gasteiger partial charge on any atom is -0.462 e. The largest absolute Gasteiger partial charge is 0.472 e. The highest BCUT2D eigenvalue weighted by Crippen LogP contribution is 2.43. The molecule has 11 heteroatoms. The molecule has 0 saturated heterocycles. The van der Waals surface area contributed by atoms with Gasteiger partial charge in [-0.05, 0) is 12.8 Å². The molecule has 10 nitrogen and oxygen atoms in total. The number of rotatable bonds is 32. The molecule has 0 rings (SSSR count). The third-order valence-electron chi connectivity index (χ3n) is 7.26. The number of ether oxygens (including phenoxy) is 2. The van der Waals surface area contributed by atoms with Crippen molar-refractivity contribution in [2.24, 2.45) is 0 Å². The predicted molar refractivity (Wildman–Crippen MR) is 169 cm³/mol. The van der Waals surface area contributed by atoms with Gasteiger partial charge in [0.2, 0.25) is 0 Å². The molecule has 0 bridgehead atoms. The Balaban J connectivity index is 4.13. The molecule has 0 aliphatic heterocycles. The van der Waals surface area contributed by atoms with Crippen molar-refractivity contribution in [3.8, 4) is 0 Å². The standard InChI is InChI=1S/C32H63O10P/c1-3-5-7-8-9-10-11-12-13-14-15-16-17-18-19-20-22-24-32(36)42-30(27-39-31(35)23-21-6-4-2)28-41-43(37,38)40-26-29(34)25-33/h29-30,33-34H,3-28H2,1-2H3,(H,37,38). The van der Waals surface area contributed by atoms with E-state index in [-0.39, 0.29) is 19.4 Å². The van der Waals surface area contributed by atoms with E-state index >= 15 is 0 Å². The number of hydrogen-bond acceptors (Lipinski definition) is 9. The molecule has 0 fully saturated rings. The lowest BCUT2D eigenvalue weighted by molar-refractivity contribution is -0.161. The Bertz CT molecular complexity index is 706. The van der Waals surface area contributed by atoms with E-state index in [1.807, 2.05) is 6.92 Å². The van der Waals surface area contributed by atoms with Crippen molar-refractivity contribution in [1.29, 1.82) is 0 Å². The first-order valence-corrected chi connectivity index (χ1v) is 18.5. The molecule has 256 valence electrons. The Labute approximate surface area is 261 Å². The predicted octanol–water partition coefficient (Wildman–Crippen LogP) is 7.55. The molecule has 0 aliphatic carbocycles. The van der Waals surface area contributed by atoms with Crippen LogP contribution in [0.25, 0.3) is 0 Å². The zero-order valence-corrected chi connectivity index (χ0v) is 28.1. The van der Waals surface area contributed by atoms with E-state index in [9.17, 15) is 24.2 Å². The Hall–Kier alpha value is -1.03. The zero-order chi connectivity index (χ0) is 32.0. The highest BCUT2D eigenvalue weighted by Gasteiger charge is 2.27. The number of unbranched alkanes of at least 4 members (excludes halogenated alkanes) is 18. The molecule has 0 spiro atoms. The highest BCUT2D eigenvalue weighted by molar-refractivity contribution is 7.47. The van der Waals surface area contributed by atoms with Crippen LogP contribution in [-0.2, 0) is 32.7 Å². The first-order valence-electron chi connectivity index (χ1n) is 17.0. The number of phosphoric ester groups is 1. The van der Waals surface area contributed by atoms with Gasteiger partial charge in [-0.2, -0.15) is 0 Å². The Morgan fingerprint density at radius 2 is 1.00 bits per heavy atom. The molecule has 0 amide bonds. The van der Waals surface area contributed by atoms with E-state index in [4.69, 9.17) is 19.1 Å². The average molecular weight is 639 g/mol. The van der Waals surface area contributed by atoms with Gasteiger partial charge >= 0.3 is 19.8 Å². The van der Waals surface area contributed by atoms with Gasteiger partial charge in [-0.1, -0.05) is 129 Å². The van der Waals surface area contributed by atoms with Crippen LogP contribution in [0, 0.1) is 0 Å². The minimum absolute atomic E-state index is 0.190. The first-order chi connectivity index (χ1) is 20.7. The van der Waals surface area contributed by atoms with Gasteiger partial charge in [0, 0.05) is 12.8 Å². The van der Waals surface area contributed by atoms with E-state index in [0.29, 0.717) is 12.8 Å². The first kappa shape index (κ1) is 42.0. The van der Waals surface area contributed by atoms with Gasteiger partial charge in [0.05, 0.1) is 19.8 Å². The molecule has 3 N–H and O–H groups in total. The fraction of sp³-hybridized carbons (Fsp3) is 0.938. The highest BCUT2D eigenvalue weighted by atomic mass is 31.2. The van der Waals surface area contributed by atoms with Crippen molar-refractivity contribution in [2.45, 2.75) is 167 Å². The number of aliphatic hydroxyl groups excluding tert-OH is 2. The average Bonchev–Trinajstić information content (AvgIpc) is 2.99. The van der Waals surface area contributed by atoms with Gasteiger partial charge in [-0.3, -0.25) is 18.6 Å². The van der Waals surface area contributed by atoms with Gasteiger partial charge in [-0.25, -0.2) is 4.57 Å². The summed E-state index contributed by atoms with van der Waals surface area (Å²) in [5.41, 5.74) is 0.